The van der Waals surface area contributed by atoms with Crippen LogP contribution in [0, 0.1) is 0 Å². The molecule has 0 bridgehead atoms. The molecule has 10 heavy (non-hydrogen) atoms. The Morgan fingerprint density at radius 3 is 2.80 bits per heavy atom. The summed E-state index contributed by atoms with van der Waals surface area (Å²) in [5, 5.41) is 2.58. The third-order valence-corrected chi connectivity index (χ3v) is 0.897. The zero-order chi connectivity index (χ0) is 7.82. The van der Waals surface area contributed by atoms with Crippen molar-refractivity contribution in [2.24, 2.45) is 0 Å². The van der Waals surface area contributed by atoms with Crippen LogP contribution in [0.2, 0.25) is 0 Å². The minimum atomic E-state index is -0.0767. The SMILES string of the molecule is C/C=C/C(=O)N/C=C/CC. The summed E-state index contributed by atoms with van der Waals surface area (Å²) in [7, 11) is 0. The molecule has 0 heterocycles. The molecular formula is C8H13NO. The van der Waals surface area contributed by atoms with Gasteiger partial charge in [-0.25, -0.2) is 0 Å². The molecule has 0 aliphatic rings. The maximum atomic E-state index is 10.7. The molecule has 0 aliphatic heterocycles. The van der Waals surface area contributed by atoms with Crippen molar-refractivity contribution in [1.82, 2.24) is 5.32 Å². The number of allylic oxidation sites excluding steroid dienone is 2. The number of hydrogen-bond donors (Lipinski definition) is 1. The number of nitrogens with one attached hydrogen (secondary N) is 1. The highest BCUT2D eigenvalue weighted by molar-refractivity contribution is 5.88. The highest BCUT2D eigenvalue weighted by atomic mass is 16.1. The molecule has 2 nitrogen and oxygen atoms in total. The van der Waals surface area contributed by atoms with Gasteiger partial charge in [-0.15, -0.1) is 0 Å². The van der Waals surface area contributed by atoms with Crippen LogP contribution in [0.25, 0.3) is 0 Å². The number of amides is 1. The number of carbonyl (C=O) groups excluding carboxylic acids is 1. The third kappa shape index (κ3) is 5.09. The van der Waals surface area contributed by atoms with Crippen LogP contribution in [0.3, 0.4) is 0 Å². The number of hydrogen-bond acceptors (Lipinski definition) is 1. The quantitative estimate of drug-likeness (QED) is 0.591. The van der Waals surface area contributed by atoms with Crippen LogP contribution in [0.5, 0.6) is 0 Å². The van der Waals surface area contributed by atoms with E-state index in [1.54, 1.807) is 12.3 Å². The van der Waals surface area contributed by atoms with Crippen LogP contribution in [0.1, 0.15) is 20.3 Å². The van der Waals surface area contributed by atoms with E-state index in [2.05, 4.69) is 5.32 Å². The van der Waals surface area contributed by atoms with Crippen LogP contribution in [-0.2, 0) is 4.79 Å². The standard InChI is InChI=1S/C8H13NO/c1-3-5-7-9-8(10)6-4-2/h4-7H,3H2,1-2H3,(H,9,10)/b6-4+,7-5+. The monoisotopic (exact) mass is 139 g/mol. The van der Waals surface area contributed by atoms with Gasteiger partial charge in [0.15, 0.2) is 0 Å². The van der Waals surface area contributed by atoms with Crippen LogP contribution >= 0.6 is 0 Å². The van der Waals surface area contributed by atoms with Crippen molar-refractivity contribution < 1.29 is 4.79 Å². The Morgan fingerprint density at radius 2 is 2.30 bits per heavy atom. The fraction of sp³-hybridized carbons (Fsp3) is 0.375. The van der Waals surface area contributed by atoms with Gasteiger partial charge in [0.1, 0.15) is 0 Å². The summed E-state index contributed by atoms with van der Waals surface area (Å²) in [5.41, 5.74) is 0. The molecule has 0 aromatic rings. The first-order valence-electron chi connectivity index (χ1n) is 3.39. The zero-order valence-electron chi connectivity index (χ0n) is 6.42. The van der Waals surface area contributed by atoms with Crippen molar-refractivity contribution in [2.75, 3.05) is 0 Å². The minimum Gasteiger partial charge on any atom is -0.329 e. The first kappa shape index (κ1) is 8.95. The van der Waals surface area contributed by atoms with E-state index in [9.17, 15) is 4.79 Å². The zero-order valence-corrected chi connectivity index (χ0v) is 6.42. The Hall–Kier alpha value is -1.05. The van der Waals surface area contributed by atoms with Gasteiger partial charge in [-0.2, -0.15) is 0 Å². The molecule has 0 rings (SSSR count). The summed E-state index contributed by atoms with van der Waals surface area (Å²) < 4.78 is 0. The minimum absolute atomic E-state index is 0.0767. The largest absolute Gasteiger partial charge is 0.329 e. The van der Waals surface area contributed by atoms with Crippen molar-refractivity contribution in [3.8, 4) is 0 Å². The van der Waals surface area contributed by atoms with Crippen molar-refractivity contribution in [1.29, 1.82) is 0 Å². The molecule has 0 radical (unpaired) electrons. The lowest BCUT2D eigenvalue weighted by Gasteiger charge is -1.89. The summed E-state index contributed by atoms with van der Waals surface area (Å²) in [5.74, 6) is -0.0767. The van der Waals surface area contributed by atoms with Gasteiger partial charge in [-0.3, -0.25) is 4.79 Å². The van der Waals surface area contributed by atoms with Gasteiger partial charge in [-0.05, 0) is 19.4 Å². The highest BCUT2D eigenvalue weighted by Gasteiger charge is 1.85. The number of rotatable bonds is 3. The Kier molecular flexibility index (Phi) is 5.44. The second kappa shape index (κ2) is 6.08. The first-order valence-corrected chi connectivity index (χ1v) is 3.39. The molecule has 0 aromatic heterocycles. The molecule has 0 aromatic carbocycles. The summed E-state index contributed by atoms with van der Waals surface area (Å²) >= 11 is 0. The molecule has 56 valence electrons. The van der Waals surface area contributed by atoms with Gasteiger partial charge in [-0.1, -0.05) is 19.1 Å². The molecule has 1 amide bonds. The predicted octanol–water partition coefficient (Wildman–Crippen LogP) is 1.60. The molecule has 2 heteroatoms. The van der Waals surface area contributed by atoms with E-state index < -0.39 is 0 Å². The van der Waals surface area contributed by atoms with Crippen LogP contribution < -0.4 is 5.32 Å². The van der Waals surface area contributed by atoms with E-state index in [4.69, 9.17) is 0 Å². The van der Waals surface area contributed by atoms with Gasteiger partial charge < -0.3 is 5.32 Å². The normalized spacial score (nSPS) is 11.0. The topological polar surface area (TPSA) is 29.1 Å². The van der Waals surface area contributed by atoms with Crippen LogP contribution in [0.15, 0.2) is 24.4 Å². The molecule has 0 spiro atoms. The van der Waals surface area contributed by atoms with E-state index in [0.29, 0.717) is 0 Å². The van der Waals surface area contributed by atoms with E-state index in [1.807, 2.05) is 19.9 Å². The third-order valence-electron chi connectivity index (χ3n) is 0.897. The number of carbonyl (C=O) groups is 1. The highest BCUT2D eigenvalue weighted by Crippen LogP contribution is 1.76. The Morgan fingerprint density at radius 1 is 1.60 bits per heavy atom. The molecular weight excluding hydrogens is 126 g/mol. The molecule has 0 unspecified atom stereocenters. The smallest absolute Gasteiger partial charge is 0.247 e. The average molecular weight is 139 g/mol. The van der Waals surface area contributed by atoms with Crippen LogP contribution in [-0.4, -0.2) is 5.91 Å². The van der Waals surface area contributed by atoms with E-state index in [1.165, 1.54) is 6.08 Å². The summed E-state index contributed by atoms with van der Waals surface area (Å²) in [4.78, 5) is 10.7. The average Bonchev–Trinajstić information content (AvgIpc) is 1.89. The maximum Gasteiger partial charge on any atom is 0.247 e. The summed E-state index contributed by atoms with van der Waals surface area (Å²) in [6.07, 6.45) is 7.68. The van der Waals surface area contributed by atoms with Crippen molar-refractivity contribution in [3.63, 3.8) is 0 Å². The summed E-state index contributed by atoms with van der Waals surface area (Å²) in [6, 6.07) is 0. The predicted molar refractivity (Wildman–Crippen MR) is 42.4 cm³/mol. The maximum absolute atomic E-state index is 10.7. The van der Waals surface area contributed by atoms with E-state index >= 15 is 0 Å². The van der Waals surface area contributed by atoms with Gasteiger partial charge >= 0.3 is 0 Å². The second-order valence-electron chi connectivity index (χ2n) is 1.82. The lowest BCUT2D eigenvalue weighted by Crippen LogP contribution is -2.12. The van der Waals surface area contributed by atoms with Crippen molar-refractivity contribution >= 4 is 5.91 Å². The Labute approximate surface area is 61.6 Å². The molecule has 1 N–H and O–H groups in total. The molecule has 0 saturated carbocycles. The van der Waals surface area contributed by atoms with Crippen molar-refractivity contribution in [2.45, 2.75) is 20.3 Å². The first-order chi connectivity index (χ1) is 4.81. The molecule has 0 saturated heterocycles. The molecule has 0 atom stereocenters. The van der Waals surface area contributed by atoms with Crippen LogP contribution in [0.4, 0.5) is 0 Å². The van der Waals surface area contributed by atoms with Gasteiger partial charge in [0.2, 0.25) is 5.91 Å². The van der Waals surface area contributed by atoms with E-state index in [0.717, 1.165) is 6.42 Å². The fourth-order valence-electron chi connectivity index (χ4n) is 0.458. The van der Waals surface area contributed by atoms with Gasteiger partial charge in [0.05, 0.1) is 0 Å². The fourth-order valence-corrected chi connectivity index (χ4v) is 0.458. The lowest BCUT2D eigenvalue weighted by molar-refractivity contribution is -0.115. The second-order valence-corrected chi connectivity index (χ2v) is 1.82. The molecule has 0 aliphatic carbocycles. The summed E-state index contributed by atoms with van der Waals surface area (Å²) in [6.45, 7) is 3.82. The van der Waals surface area contributed by atoms with E-state index in [-0.39, 0.29) is 5.91 Å². The van der Waals surface area contributed by atoms with Gasteiger partial charge in [0, 0.05) is 6.20 Å². The Balaban J connectivity index is 3.49. The lowest BCUT2D eigenvalue weighted by atomic mass is 10.4. The molecule has 0 fully saturated rings. The van der Waals surface area contributed by atoms with Crippen molar-refractivity contribution in [3.05, 3.63) is 24.4 Å². The van der Waals surface area contributed by atoms with Gasteiger partial charge in [0.25, 0.3) is 0 Å². The Bertz CT molecular complexity index is 147.